The van der Waals surface area contributed by atoms with Crippen molar-refractivity contribution in [1.29, 1.82) is 0 Å². The highest BCUT2D eigenvalue weighted by Crippen LogP contribution is 2.30. The van der Waals surface area contributed by atoms with Crippen LogP contribution >= 0.6 is 12.6 Å². The van der Waals surface area contributed by atoms with Gasteiger partial charge in [-0.1, -0.05) is 24.8 Å². The van der Waals surface area contributed by atoms with Crippen LogP contribution in [0.2, 0.25) is 0 Å². The van der Waals surface area contributed by atoms with E-state index in [0.717, 1.165) is 12.2 Å². The maximum atomic E-state index is 12.1. The van der Waals surface area contributed by atoms with Gasteiger partial charge in [0.2, 0.25) is 0 Å². The van der Waals surface area contributed by atoms with E-state index in [1.54, 1.807) is 0 Å². The molecule has 0 aliphatic heterocycles. The van der Waals surface area contributed by atoms with Crippen molar-refractivity contribution in [1.82, 2.24) is 0 Å². The van der Waals surface area contributed by atoms with E-state index in [0.29, 0.717) is 0 Å². The molecule has 0 bridgehead atoms. The average Bonchev–Trinajstić information content (AvgIpc) is 1.96. The molecule has 0 amide bonds. The molecule has 0 spiro atoms. The molecule has 0 aromatic rings. The van der Waals surface area contributed by atoms with Crippen LogP contribution in [0.1, 0.15) is 6.92 Å². The highest BCUT2D eigenvalue weighted by Gasteiger charge is 2.33. The van der Waals surface area contributed by atoms with Gasteiger partial charge in [-0.3, -0.25) is 0 Å². The molecule has 0 rings (SSSR count). The van der Waals surface area contributed by atoms with Gasteiger partial charge in [-0.05, 0) is 6.92 Å². The van der Waals surface area contributed by atoms with Crippen LogP contribution in [0.5, 0.6) is 0 Å². The first-order valence-electron chi connectivity index (χ1n) is 3.19. The van der Waals surface area contributed by atoms with Crippen LogP contribution in [0.25, 0.3) is 0 Å². The molecule has 0 saturated heterocycles. The summed E-state index contributed by atoms with van der Waals surface area (Å²) in [6.45, 7) is 4.72. The van der Waals surface area contributed by atoms with Crippen molar-refractivity contribution < 1.29 is 13.2 Å². The zero-order valence-electron chi connectivity index (χ0n) is 6.52. The van der Waals surface area contributed by atoms with Crippen LogP contribution in [0.4, 0.5) is 13.2 Å². The van der Waals surface area contributed by atoms with E-state index >= 15 is 0 Å². The van der Waals surface area contributed by atoms with Crippen molar-refractivity contribution >= 4 is 12.6 Å². The molecule has 0 radical (unpaired) electrons. The molecule has 0 aromatic heterocycles. The van der Waals surface area contributed by atoms with Gasteiger partial charge in [-0.15, -0.1) is 12.6 Å². The van der Waals surface area contributed by atoms with Gasteiger partial charge in [0, 0.05) is 4.91 Å². The van der Waals surface area contributed by atoms with Gasteiger partial charge in [0.05, 0.1) is 5.57 Å². The largest absolute Gasteiger partial charge is 0.417 e. The van der Waals surface area contributed by atoms with E-state index in [2.05, 4.69) is 19.2 Å². The summed E-state index contributed by atoms with van der Waals surface area (Å²) >= 11 is 3.64. The fourth-order valence-corrected chi connectivity index (χ4v) is 0.803. The first kappa shape index (κ1) is 11.4. The quantitative estimate of drug-likeness (QED) is 0.505. The topological polar surface area (TPSA) is 0 Å². The summed E-state index contributed by atoms with van der Waals surface area (Å²) in [6, 6.07) is 0. The van der Waals surface area contributed by atoms with Crippen molar-refractivity contribution in [2.75, 3.05) is 0 Å². The molecule has 4 heteroatoms. The van der Waals surface area contributed by atoms with Crippen LogP contribution < -0.4 is 0 Å². The van der Waals surface area contributed by atoms with Gasteiger partial charge in [0.25, 0.3) is 0 Å². The second kappa shape index (κ2) is 4.40. The number of alkyl halides is 3. The lowest BCUT2D eigenvalue weighted by Crippen LogP contribution is -2.10. The molecule has 0 heterocycles. The molecular weight excluding hydrogens is 185 g/mol. The van der Waals surface area contributed by atoms with Crippen molar-refractivity contribution in [3.8, 4) is 0 Å². The van der Waals surface area contributed by atoms with Gasteiger partial charge in [-0.25, -0.2) is 0 Å². The van der Waals surface area contributed by atoms with Gasteiger partial charge in [0.15, 0.2) is 0 Å². The maximum Gasteiger partial charge on any atom is 0.417 e. The molecular formula is C8H9F3S. The summed E-state index contributed by atoms with van der Waals surface area (Å²) in [7, 11) is 0. The third kappa shape index (κ3) is 3.17. The van der Waals surface area contributed by atoms with E-state index in [1.807, 2.05) is 0 Å². The minimum atomic E-state index is -4.36. The first-order valence-corrected chi connectivity index (χ1v) is 3.63. The standard InChI is InChI=1S/C8H9F3S/c1-3-5-6(7(12)4-2)8(9,10)11/h3-5,12H,2H2,1H3/b5-3-,7-6-. The summed E-state index contributed by atoms with van der Waals surface area (Å²) in [6.07, 6.45) is -1.03. The van der Waals surface area contributed by atoms with Crippen LogP contribution in [-0.2, 0) is 0 Å². The first-order chi connectivity index (χ1) is 5.43. The second-order valence-electron chi connectivity index (χ2n) is 2.00. The number of hydrogen-bond donors (Lipinski definition) is 1. The Morgan fingerprint density at radius 3 is 2.17 bits per heavy atom. The third-order valence-corrected chi connectivity index (χ3v) is 1.53. The Kier molecular flexibility index (Phi) is 4.17. The molecule has 0 atom stereocenters. The molecule has 12 heavy (non-hydrogen) atoms. The van der Waals surface area contributed by atoms with E-state index < -0.39 is 11.7 Å². The smallest absolute Gasteiger partial charge is 0.166 e. The van der Waals surface area contributed by atoms with Crippen LogP contribution in [0, 0.1) is 0 Å². The highest BCUT2D eigenvalue weighted by atomic mass is 32.1. The molecule has 0 aliphatic carbocycles. The Hall–Kier alpha value is -0.640. The minimum absolute atomic E-state index is 0.166. The van der Waals surface area contributed by atoms with Gasteiger partial charge >= 0.3 is 6.18 Å². The van der Waals surface area contributed by atoms with Gasteiger partial charge in [-0.2, -0.15) is 13.2 Å². The lowest BCUT2D eigenvalue weighted by molar-refractivity contribution is -0.0883. The predicted molar refractivity (Wildman–Crippen MR) is 47.1 cm³/mol. The lowest BCUT2D eigenvalue weighted by Gasteiger charge is -2.08. The zero-order chi connectivity index (χ0) is 9.78. The van der Waals surface area contributed by atoms with E-state index in [1.165, 1.54) is 13.0 Å². The molecule has 0 nitrogen and oxygen atoms in total. The van der Waals surface area contributed by atoms with Gasteiger partial charge in [0.1, 0.15) is 0 Å². The average molecular weight is 194 g/mol. The number of hydrogen-bond acceptors (Lipinski definition) is 1. The number of halogens is 3. The third-order valence-electron chi connectivity index (χ3n) is 1.11. The molecule has 68 valence electrons. The van der Waals surface area contributed by atoms with Crippen molar-refractivity contribution in [3.63, 3.8) is 0 Å². The summed E-state index contributed by atoms with van der Waals surface area (Å²) in [5, 5.41) is 0. The van der Waals surface area contributed by atoms with Crippen LogP contribution in [-0.4, -0.2) is 6.18 Å². The van der Waals surface area contributed by atoms with Crippen molar-refractivity contribution in [2.45, 2.75) is 13.1 Å². The summed E-state index contributed by atoms with van der Waals surface area (Å²) in [4.78, 5) is -0.166. The van der Waals surface area contributed by atoms with Crippen molar-refractivity contribution in [2.24, 2.45) is 0 Å². The van der Waals surface area contributed by atoms with Crippen LogP contribution in [0.15, 0.2) is 35.3 Å². The molecule has 0 unspecified atom stereocenters. The van der Waals surface area contributed by atoms with E-state index in [4.69, 9.17) is 0 Å². The Bertz CT molecular complexity index is 223. The summed E-state index contributed by atoms with van der Waals surface area (Å²) in [5.74, 6) is 0. The maximum absolute atomic E-state index is 12.1. The zero-order valence-corrected chi connectivity index (χ0v) is 7.41. The Morgan fingerprint density at radius 1 is 1.42 bits per heavy atom. The number of allylic oxidation sites excluding steroid dienone is 4. The fraction of sp³-hybridized carbons (Fsp3) is 0.250. The Balaban J connectivity index is 5.05. The molecule has 0 fully saturated rings. The Morgan fingerprint density at radius 2 is 1.92 bits per heavy atom. The number of rotatable bonds is 2. The molecule has 0 aliphatic rings. The Labute approximate surface area is 74.9 Å². The lowest BCUT2D eigenvalue weighted by atomic mass is 10.2. The van der Waals surface area contributed by atoms with E-state index in [-0.39, 0.29) is 4.91 Å². The number of thiol groups is 1. The van der Waals surface area contributed by atoms with Crippen LogP contribution in [0.3, 0.4) is 0 Å². The second-order valence-corrected chi connectivity index (χ2v) is 2.48. The predicted octanol–water partition coefficient (Wildman–Crippen LogP) is 3.49. The van der Waals surface area contributed by atoms with Crippen molar-refractivity contribution in [3.05, 3.63) is 35.3 Å². The molecule has 0 saturated carbocycles. The van der Waals surface area contributed by atoms with E-state index in [9.17, 15) is 13.2 Å². The summed E-state index contributed by atoms with van der Waals surface area (Å²) in [5.41, 5.74) is -0.775. The monoisotopic (exact) mass is 194 g/mol. The normalized spacial score (nSPS) is 14.8. The minimum Gasteiger partial charge on any atom is -0.166 e. The SMILES string of the molecule is C=C/C(S)=C(\C=C/C)C(F)(F)F. The molecule has 0 N–H and O–H groups in total. The fourth-order valence-electron chi connectivity index (χ4n) is 0.602. The highest BCUT2D eigenvalue weighted by molar-refractivity contribution is 7.84. The molecule has 0 aromatic carbocycles. The summed E-state index contributed by atoms with van der Waals surface area (Å²) < 4.78 is 36.4. The van der Waals surface area contributed by atoms with Gasteiger partial charge < -0.3 is 0 Å².